The van der Waals surface area contributed by atoms with Crippen LogP contribution in [0.4, 0.5) is 0 Å². The number of hydrogen-bond donors (Lipinski definition) is 2. The predicted octanol–water partition coefficient (Wildman–Crippen LogP) is 9.13. The Morgan fingerprint density at radius 3 is 2.19 bits per heavy atom. The van der Waals surface area contributed by atoms with Crippen LogP contribution in [0.15, 0.2) is 133 Å². The normalized spacial score (nSPS) is 18.8. The molecule has 8 rings (SSSR count). The fourth-order valence-corrected chi connectivity index (χ4v) is 10.9. The van der Waals surface area contributed by atoms with Gasteiger partial charge in [0, 0.05) is 68.2 Å². The molecule has 62 heavy (non-hydrogen) atoms. The first kappa shape index (κ1) is 43.3. The molecule has 3 fully saturated rings. The minimum Gasteiger partial charge on any atom is -0.340 e. The fraction of sp³-hybridized carbons (Fsp3) is 0.333. The molecule has 0 unspecified atom stereocenters. The van der Waals surface area contributed by atoms with Crippen molar-refractivity contribution in [2.45, 2.75) is 63.6 Å². The number of rotatable bonds is 15. The molecule has 4 heterocycles. The zero-order valence-corrected chi connectivity index (χ0v) is 37.1. The van der Waals surface area contributed by atoms with Crippen molar-refractivity contribution in [3.63, 3.8) is 0 Å². The number of carbonyl (C=O) groups is 3. The lowest BCUT2D eigenvalue weighted by Crippen LogP contribution is -2.47. The van der Waals surface area contributed by atoms with Crippen molar-refractivity contribution in [1.29, 1.82) is 0 Å². The molecule has 3 saturated heterocycles. The van der Waals surface area contributed by atoms with Crippen molar-refractivity contribution >= 4 is 45.7 Å². The van der Waals surface area contributed by atoms with Gasteiger partial charge in [0.05, 0.1) is 23.4 Å². The first-order chi connectivity index (χ1) is 30.3. The molecule has 0 bridgehead atoms. The standard InChI is InChI=1S/C51H56N6O3S2/c1-3-45(61-36(2)43-16-10-30-57(43)51(60)49(42-14-8-5-9-15-42)54-47(58)26-31-55-32-27-52-28-33-55)40-22-18-38(19-23-40)39-20-24-41(25-21-39)46-35-53-50(62-46)44-17-11-29-56(44)48(59)34-37-12-6-4-7-13-37/h3-9,12-15,18-25,35,43-44,49,52H,2,10-11,16-17,26-34H2,1H3,(H,54,58)/b45-3-/t43-,44-,49+/m0/s1. The third-order valence-corrected chi connectivity index (χ3v) is 14.6. The number of piperazine rings is 1. The van der Waals surface area contributed by atoms with Gasteiger partial charge in [-0.25, -0.2) is 4.98 Å². The molecule has 320 valence electrons. The lowest BCUT2D eigenvalue weighted by Gasteiger charge is -2.31. The van der Waals surface area contributed by atoms with Gasteiger partial charge in [-0.15, -0.1) is 11.3 Å². The first-order valence-electron chi connectivity index (χ1n) is 22.0. The number of thioether (sulfide) groups is 1. The summed E-state index contributed by atoms with van der Waals surface area (Å²) in [5.74, 6) is -0.0357. The zero-order chi connectivity index (χ0) is 42.8. The Kier molecular flexibility index (Phi) is 14.5. The second kappa shape index (κ2) is 20.7. The van der Waals surface area contributed by atoms with Gasteiger partial charge in [-0.1, -0.05) is 134 Å². The highest BCUT2D eigenvalue weighted by Crippen LogP contribution is 2.41. The Balaban J connectivity index is 0.881. The number of aromatic nitrogens is 1. The maximum absolute atomic E-state index is 14.4. The number of nitrogens with one attached hydrogen (secondary N) is 2. The van der Waals surface area contributed by atoms with Crippen molar-refractivity contribution in [3.05, 3.63) is 155 Å². The highest BCUT2D eigenvalue weighted by molar-refractivity contribution is 8.11. The molecule has 3 aliphatic heterocycles. The molecule has 5 aromatic rings. The van der Waals surface area contributed by atoms with E-state index in [0.717, 1.165) is 111 Å². The molecule has 0 aliphatic carbocycles. The molecule has 3 atom stereocenters. The summed E-state index contributed by atoms with van der Waals surface area (Å²) in [4.78, 5) is 55.0. The topological polar surface area (TPSA) is 97.9 Å². The van der Waals surface area contributed by atoms with Crippen molar-refractivity contribution < 1.29 is 14.4 Å². The fourth-order valence-electron chi connectivity index (χ4n) is 8.81. The summed E-state index contributed by atoms with van der Waals surface area (Å²) >= 11 is 3.31. The number of amides is 3. The Hall–Kier alpha value is -5.33. The summed E-state index contributed by atoms with van der Waals surface area (Å²) in [6.07, 6.45) is 8.47. The van der Waals surface area contributed by atoms with E-state index < -0.39 is 6.04 Å². The number of hydrogen-bond acceptors (Lipinski definition) is 8. The van der Waals surface area contributed by atoms with Gasteiger partial charge in [0.25, 0.3) is 0 Å². The molecular weight excluding hydrogens is 809 g/mol. The Bertz CT molecular complexity index is 2340. The first-order valence-corrected chi connectivity index (χ1v) is 23.6. The van der Waals surface area contributed by atoms with E-state index in [1.165, 1.54) is 0 Å². The molecule has 0 saturated carbocycles. The molecule has 0 radical (unpaired) electrons. The lowest BCUT2D eigenvalue weighted by molar-refractivity contribution is -0.137. The SMILES string of the molecule is C=C(S/C(=C\C)c1ccc(-c2ccc(-c3cnc([C@@H]4CCCN4C(=O)Cc4ccccc4)s3)cc2)cc1)[C@@H]1CCCN1C(=O)[C@H](NC(=O)CCN1CCNCC1)c1ccccc1. The van der Waals surface area contributed by atoms with Gasteiger partial charge in [-0.3, -0.25) is 14.4 Å². The van der Waals surface area contributed by atoms with E-state index in [9.17, 15) is 14.4 Å². The van der Waals surface area contributed by atoms with Gasteiger partial charge in [0.15, 0.2) is 0 Å². The maximum Gasteiger partial charge on any atom is 0.250 e. The summed E-state index contributed by atoms with van der Waals surface area (Å²) in [5, 5.41) is 7.46. The van der Waals surface area contributed by atoms with E-state index >= 15 is 0 Å². The Labute approximate surface area is 374 Å². The Morgan fingerprint density at radius 2 is 1.48 bits per heavy atom. The van der Waals surface area contributed by atoms with Crippen LogP contribution in [0.3, 0.4) is 0 Å². The molecule has 11 heteroatoms. The zero-order valence-electron chi connectivity index (χ0n) is 35.5. The maximum atomic E-state index is 14.4. The molecule has 4 aromatic carbocycles. The highest BCUT2D eigenvalue weighted by atomic mass is 32.2. The van der Waals surface area contributed by atoms with Crippen LogP contribution in [-0.4, -0.2) is 89.3 Å². The van der Waals surface area contributed by atoms with Crippen LogP contribution in [0.1, 0.15) is 72.8 Å². The monoisotopic (exact) mass is 864 g/mol. The van der Waals surface area contributed by atoms with E-state index in [-0.39, 0.29) is 29.8 Å². The average molecular weight is 865 g/mol. The van der Waals surface area contributed by atoms with E-state index in [0.29, 0.717) is 25.9 Å². The van der Waals surface area contributed by atoms with E-state index in [1.807, 2.05) is 83.6 Å². The van der Waals surface area contributed by atoms with E-state index in [4.69, 9.17) is 4.98 Å². The lowest BCUT2D eigenvalue weighted by atomic mass is 10.0. The third kappa shape index (κ3) is 10.5. The van der Waals surface area contributed by atoms with Gasteiger partial charge in [0.1, 0.15) is 11.0 Å². The molecule has 2 N–H and O–H groups in total. The number of carbonyl (C=O) groups excluding carboxylic acids is 3. The summed E-state index contributed by atoms with van der Waals surface area (Å²) in [6, 6.07) is 35.9. The second-order valence-corrected chi connectivity index (χ2v) is 18.5. The predicted molar refractivity (Wildman–Crippen MR) is 253 cm³/mol. The molecule has 1 aromatic heterocycles. The number of thiazole rings is 1. The molecular formula is C51H56N6O3S2. The quantitative estimate of drug-likeness (QED) is 0.108. The summed E-state index contributed by atoms with van der Waals surface area (Å²) in [7, 11) is 0. The van der Waals surface area contributed by atoms with Crippen molar-refractivity contribution in [1.82, 2.24) is 30.3 Å². The van der Waals surface area contributed by atoms with Gasteiger partial charge in [-0.05, 0) is 66.0 Å². The van der Waals surface area contributed by atoms with Crippen LogP contribution in [0.5, 0.6) is 0 Å². The number of allylic oxidation sites excluding steroid dienone is 1. The molecule has 9 nitrogen and oxygen atoms in total. The molecule has 0 spiro atoms. The largest absolute Gasteiger partial charge is 0.340 e. The molecule has 3 amide bonds. The Morgan fingerprint density at radius 1 is 0.839 bits per heavy atom. The van der Waals surface area contributed by atoms with Crippen LogP contribution in [0.25, 0.3) is 26.5 Å². The van der Waals surface area contributed by atoms with Gasteiger partial charge in [0.2, 0.25) is 17.7 Å². The van der Waals surface area contributed by atoms with Crippen LogP contribution in [0, 0.1) is 0 Å². The second-order valence-electron chi connectivity index (χ2n) is 16.3. The van der Waals surface area contributed by atoms with E-state index in [2.05, 4.69) is 76.7 Å². The molecule has 3 aliphatic rings. The summed E-state index contributed by atoms with van der Waals surface area (Å²) in [6.45, 7) is 12.3. The number of nitrogens with zero attached hydrogens (tertiary/aromatic N) is 4. The van der Waals surface area contributed by atoms with Crippen LogP contribution in [-0.2, 0) is 20.8 Å². The third-order valence-electron chi connectivity index (χ3n) is 12.2. The van der Waals surface area contributed by atoms with Crippen LogP contribution >= 0.6 is 23.1 Å². The van der Waals surface area contributed by atoms with Crippen molar-refractivity contribution in [3.8, 4) is 21.6 Å². The minimum absolute atomic E-state index is 0.0310. The summed E-state index contributed by atoms with van der Waals surface area (Å²) < 4.78 is 0. The number of benzene rings is 4. The van der Waals surface area contributed by atoms with Gasteiger partial charge in [-0.2, -0.15) is 0 Å². The average Bonchev–Trinajstić information content (AvgIpc) is 4.13. The number of likely N-dealkylation sites (tertiary alicyclic amines) is 2. The van der Waals surface area contributed by atoms with Crippen LogP contribution in [0.2, 0.25) is 0 Å². The van der Waals surface area contributed by atoms with Gasteiger partial charge >= 0.3 is 0 Å². The highest BCUT2D eigenvalue weighted by Gasteiger charge is 2.37. The van der Waals surface area contributed by atoms with E-state index in [1.54, 1.807) is 23.1 Å². The minimum atomic E-state index is -0.752. The summed E-state index contributed by atoms with van der Waals surface area (Å²) in [5.41, 5.74) is 6.29. The smallest absolute Gasteiger partial charge is 0.250 e. The van der Waals surface area contributed by atoms with Crippen molar-refractivity contribution in [2.24, 2.45) is 0 Å². The van der Waals surface area contributed by atoms with Gasteiger partial charge < -0.3 is 25.3 Å². The van der Waals surface area contributed by atoms with Crippen molar-refractivity contribution in [2.75, 3.05) is 45.8 Å². The van der Waals surface area contributed by atoms with Crippen LogP contribution < -0.4 is 10.6 Å².